The number of nitrogens with two attached hydrogens (primary N) is 1. The largest absolute Gasteiger partial charge is 0.385 e. The van der Waals surface area contributed by atoms with Crippen LogP contribution >= 0.6 is 24.0 Å². The average molecular weight is 159 g/mol. The Morgan fingerprint density at radius 1 is 1.83 bits per heavy atom. The Morgan fingerprint density at radius 3 is 2.00 bits per heavy atom. The van der Waals surface area contributed by atoms with E-state index in [1.54, 1.807) is 0 Å². The predicted octanol–water partition coefficient (Wildman–Crippen LogP) is 0.591. The van der Waals surface area contributed by atoms with E-state index < -0.39 is 0 Å². The molecule has 0 unspecified atom stereocenters. The van der Waals surface area contributed by atoms with Gasteiger partial charge < -0.3 is 5.73 Å². The van der Waals surface area contributed by atoms with Gasteiger partial charge in [0.2, 0.25) is 0 Å². The zero-order valence-electron chi connectivity index (χ0n) is 3.30. The molecule has 1 nitrogen and oxygen atoms in total. The van der Waals surface area contributed by atoms with Crippen molar-refractivity contribution >= 4 is 28.3 Å². The van der Waals surface area contributed by atoms with E-state index in [0.29, 0.717) is 4.32 Å². The van der Waals surface area contributed by atoms with Gasteiger partial charge in [0.05, 0.1) is 0 Å². The Morgan fingerprint density at radius 2 is 2.00 bits per heavy atom. The first-order valence-electron chi connectivity index (χ1n) is 1.11. The van der Waals surface area contributed by atoms with Gasteiger partial charge in [0.15, 0.2) is 0 Å². The second-order valence-corrected chi connectivity index (χ2v) is 2.07. The van der Waals surface area contributed by atoms with Crippen molar-refractivity contribution in [2.24, 2.45) is 5.73 Å². The molecule has 4 heteroatoms. The monoisotopic (exact) mass is 159 g/mol. The van der Waals surface area contributed by atoms with Crippen LogP contribution in [0.5, 0.6) is 0 Å². The summed E-state index contributed by atoms with van der Waals surface area (Å²) in [5.41, 5.74) is 4.99. The zero-order valence-corrected chi connectivity index (χ0v) is 6.21. The third-order valence-corrected chi connectivity index (χ3v) is 1.10. The minimum atomic E-state index is 0. The van der Waals surface area contributed by atoms with E-state index in [0.717, 1.165) is 0 Å². The van der Waals surface area contributed by atoms with Gasteiger partial charge >= 0.3 is 0 Å². The SMILES string of the molecule is CSC(N)=S.[Cr]. The molecule has 0 aliphatic heterocycles. The Labute approximate surface area is 57.8 Å². The Kier molecular flexibility index (Phi) is 9.53. The van der Waals surface area contributed by atoms with E-state index in [2.05, 4.69) is 12.2 Å². The van der Waals surface area contributed by atoms with E-state index in [9.17, 15) is 0 Å². The van der Waals surface area contributed by atoms with Crippen molar-refractivity contribution in [2.45, 2.75) is 0 Å². The predicted molar refractivity (Wildman–Crippen MR) is 30.3 cm³/mol. The van der Waals surface area contributed by atoms with E-state index in [4.69, 9.17) is 5.73 Å². The van der Waals surface area contributed by atoms with Crippen LogP contribution in [0.1, 0.15) is 0 Å². The van der Waals surface area contributed by atoms with Crippen LogP contribution in [-0.2, 0) is 17.4 Å². The van der Waals surface area contributed by atoms with Gasteiger partial charge in [-0.2, -0.15) is 0 Å². The third kappa shape index (κ3) is 8.84. The minimum Gasteiger partial charge on any atom is -0.385 e. The number of rotatable bonds is 0. The Balaban J connectivity index is 0. The zero-order chi connectivity index (χ0) is 4.28. The summed E-state index contributed by atoms with van der Waals surface area (Å²) in [6.45, 7) is 0. The normalized spacial score (nSPS) is 6.17. The van der Waals surface area contributed by atoms with Crippen LogP contribution in [0.4, 0.5) is 0 Å². The first-order chi connectivity index (χ1) is 2.27. The number of hydrogen-bond acceptors (Lipinski definition) is 2. The van der Waals surface area contributed by atoms with Crippen molar-refractivity contribution < 1.29 is 17.4 Å². The molecule has 0 aromatic rings. The minimum absolute atomic E-state index is 0. The van der Waals surface area contributed by atoms with Crippen LogP contribution in [-0.4, -0.2) is 10.6 Å². The summed E-state index contributed by atoms with van der Waals surface area (Å²) in [7, 11) is 0. The van der Waals surface area contributed by atoms with E-state index in [-0.39, 0.29) is 17.4 Å². The van der Waals surface area contributed by atoms with Crippen molar-refractivity contribution in [1.29, 1.82) is 0 Å². The fourth-order valence-electron chi connectivity index (χ4n) is 0. The van der Waals surface area contributed by atoms with Gasteiger partial charge in [0.25, 0.3) is 0 Å². The van der Waals surface area contributed by atoms with Crippen molar-refractivity contribution in [1.82, 2.24) is 0 Å². The number of thiocarbonyl (C=S) groups is 1. The van der Waals surface area contributed by atoms with E-state index in [1.807, 2.05) is 6.26 Å². The summed E-state index contributed by atoms with van der Waals surface area (Å²) in [4.78, 5) is 0. The second-order valence-electron chi connectivity index (χ2n) is 0.523. The summed E-state index contributed by atoms with van der Waals surface area (Å²) in [5, 5.41) is 0. The molecule has 0 aromatic heterocycles. The molecule has 0 spiro atoms. The van der Waals surface area contributed by atoms with Gasteiger partial charge in [-0.3, -0.25) is 0 Å². The van der Waals surface area contributed by atoms with E-state index in [1.165, 1.54) is 11.8 Å². The van der Waals surface area contributed by atoms with Gasteiger partial charge in [-0.15, -0.1) is 11.8 Å². The molecule has 0 atom stereocenters. The Bertz CT molecular complexity index is 46.8. The van der Waals surface area contributed by atoms with Gasteiger partial charge in [-0.25, -0.2) is 0 Å². The van der Waals surface area contributed by atoms with Gasteiger partial charge in [0.1, 0.15) is 4.32 Å². The molecule has 0 aromatic carbocycles. The summed E-state index contributed by atoms with van der Waals surface area (Å²) < 4.78 is 0.505. The summed E-state index contributed by atoms with van der Waals surface area (Å²) in [5.74, 6) is 0. The van der Waals surface area contributed by atoms with Crippen molar-refractivity contribution in [3.63, 3.8) is 0 Å². The summed E-state index contributed by atoms with van der Waals surface area (Å²) >= 11 is 5.83. The van der Waals surface area contributed by atoms with Crippen LogP contribution in [0.3, 0.4) is 0 Å². The maximum absolute atomic E-state index is 4.99. The fraction of sp³-hybridized carbons (Fsp3) is 0.500. The Hall–Kier alpha value is 0.772. The first kappa shape index (κ1) is 9.91. The van der Waals surface area contributed by atoms with Crippen LogP contribution in [0, 0.1) is 0 Å². The maximum atomic E-state index is 4.99. The molecular formula is C2H5CrNS2. The molecule has 0 heterocycles. The topological polar surface area (TPSA) is 26.0 Å². The molecule has 6 heavy (non-hydrogen) atoms. The quantitative estimate of drug-likeness (QED) is 0.524. The van der Waals surface area contributed by atoms with Gasteiger partial charge in [0, 0.05) is 17.4 Å². The third-order valence-electron chi connectivity index (χ3n) is 0.201. The molecule has 0 aliphatic carbocycles. The number of thioether (sulfide) groups is 1. The van der Waals surface area contributed by atoms with Gasteiger partial charge in [-0.05, 0) is 6.26 Å². The molecule has 0 amide bonds. The van der Waals surface area contributed by atoms with Crippen molar-refractivity contribution in [3.05, 3.63) is 0 Å². The van der Waals surface area contributed by atoms with Crippen molar-refractivity contribution in [2.75, 3.05) is 6.26 Å². The van der Waals surface area contributed by atoms with Gasteiger partial charge in [-0.1, -0.05) is 12.2 Å². The van der Waals surface area contributed by atoms with Crippen LogP contribution < -0.4 is 5.73 Å². The molecule has 0 fully saturated rings. The first-order valence-corrected chi connectivity index (χ1v) is 2.74. The molecule has 2 N–H and O–H groups in total. The molecule has 0 rings (SSSR count). The standard InChI is InChI=1S/C2H5NS2.Cr/c1-5-2(3)4;/h1H3,(H2,3,4);. The molecule has 36 valence electrons. The average Bonchev–Trinajstić information content (AvgIpc) is 1.38. The summed E-state index contributed by atoms with van der Waals surface area (Å²) in [6.07, 6.45) is 1.85. The van der Waals surface area contributed by atoms with Crippen LogP contribution in [0.25, 0.3) is 0 Å². The van der Waals surface area contributed by atoms with E-state index >= 15 is 0 Å². The molecule has 0 radical (unpaired) electrons. The molecule has 0 bridgehead atoms. The van der Waals surface area contributed by atoms with Crippen LogP contribution in [0.2, 0.25) is 0 Å². The van der Waals surface area contributed by atoms with Crippen molar-refractivity contribution in [3.8, 4) is 0 Å². The molecular weight excluding hydrogens is 154 g/mol. The maximum Gasteiger partial charge on any atom is 0.130 e. The smallest absolute Gasteiger partial charge is 0.130 e. The second kappa shape index (κ2) is 5.77. The fourth-order valence-corrected chi connectivity index (χ4v) is 0. The van der Waals surface area contributed by atoms with Crippen LogP contribution in [0.15, 0.2) is 0 Å². The summed E-state index contributed by atoms with van der Waals surface area (Å²) in [6, 6.07) is 0. The molecule has 0 aliphatic rings. The number of hydrogen-bond donors (Lipinski definition) is 1. The molecule has 0 saturated heterocycles. The molecule has 0 saturated carbocycles.